The minimum absolute atomic E-state index is 0.0221. The van der Waals surface area contributed by atoms with E-state index in [1.54, 1.807) is 0 Å². The molecule has 0 aliphatic heterocycles. The summed E-state index contributed by atoms with van der Waals surface area (Å²) in [6.07, 6.45) is 0. The van der Waals surface area contributed by atoms with E-state index >= 15 is 0 Å². The first-order valence-corrected chi connectivity index (χ1v) is 13.5. The Morgan fingerprint density at radius 1 is 0.462 bits per heavy atom. The molecule has 1 aliphatic rings. The smallest absolute Gasteiger partial charge is 0.0619 e. The maximum atomic E-state index is 9.32. The fraction of sp³-hybridized carbons (Fsp3) is 0.0769. The highest BCUT2D eigenvalue weighted by atomic mass is 14.4. The molecule has 184 valence electrons. The van der Waals surface area contributed by atoms with Crippen molar-refractivity contribution in [2.75, 3.05) is 0 Å². The van der Waals surface area contributed by atoms with Gasteiger partial charge in [-0.3, -0.25) is 0 Å². The van der Waals surface area contributed by atoms with Crippen LogP contribution in [0.25, 0.3) is 65.7 Å². The van der Waals surface area contributed by atoms with Crippen molar-refractivity contribution >= 4 is 32.3 Å². The van der Waals surface area contributed by atoms with E-state index in [9.17, 15) is 5.48 Å². The second-order valence-electron chi connectivity index (χ2n) is 11.0. The van der Waals surface area contributed by atoms with Gasteiger partial charge in [-0.05, 0) is 89.0 Å². The zero-order valence-corrected chi connectivity index (χ0v) is 21.9. The van der Waals surface area contributed by atoms with Gasteiger partial charge in [0.05, 0.1) is 5.48 Å². The Labute approximate surface area is 234 Å². The highest BCUT2D eigenvalue weighted by Crippen LogP contribution is 2.49. The molecule has 1 aliphatic carbocycles. The summed E-state index contributed by atoms with van der Waals surface area (Å²) in [5, 5.41) is 6.09. The molecule has 0 saturated carbocycles. The molecule has 7 aromatic carbocycles. The molecular formula is C39H28. The monoisotopic (exact) mass is 500 g/mol. The van der Waals surface area contributed by atoms with Crippen molar-refractivity contribution in [1.82, 2.24) is 0 Å². The molecular weight excluding hydrogens is 468 g/mol. The first-order valence-electron chi connectivity index (χ1n) is 15.5. The molecule has 0 radical (unpaired) electrons. The van der Waals surface area contributed by atoms with Crippen LogP contribution in [-0.2, 0) is 5.41 Å². The average Bonchev–Trinajstić information content (AvgIpc) is 3.26. The molecule has 0 saturated heterocycles. The van der Waals surface area contributed by atoms with E-state index in [1.165, 1.54) is 11.1 Å². The van der Waals surface area contributed by atoms with Crippen LogP contribution in [-0.4, -0.2) is 0 Å². The first-order chi connectivity index (χ1) is 20.8. The van der Waals surface area contributed by atoms with Gasteiger partial charge in [0.2, 0.25) is 0 Å². The molecule has 0 spiro atoms. The number of rotatable bonds is 2. The normalized spacial score (nSPS) is 15.0. The van der Waals surface area contributed by atoms with Gasteiger partial charge < -0.3 is 0 Å². The predicted octanol–water partition coefficient (Wildman–Crippen LogP) is 10.8. The molecule has 8 rings (SSSR count). The summed E-state index contributed by atoms with van der Waals surface area (Å²) in [6, 6.07) is 37.0. The van der Waals surface area contributed by atoms with Gasteiger partial charge in [-0.15, -0.1) is 0 Å². The molecule has 0 nitrogen and oxygen atoms in total. The Hall–Kier alpha value is -4.68. The summed E-state index contributed by atoms with van der Waals surface area (Å²) in [7, 11) is 0. The van der Waals surface area contributed by atoms with E-state index < -0.39 is 0 Å². The second-order valence-corrected chi connectivity index (χ2v) is 11.0. The summed E-state index contributed by atoms with van der Waals surface area (Å²) in [5.41, 5.74) is 6.65. The van der Waals surface area contributed by atoms with Crippen LogP contribution < -0.4 is 0 Å². The van der Waals surface area contributed by atoms with E-state index in [0.29, 0.717) is 16.7 Å². The van der Waals surface area contributed by atoms with Crippen molar-refractivity contribution in [2.24, 2.45) is 0 Å². The summed E-state index contributed by atoms with van der Waals surface area (Å²) < 4.78 is 37.1. The summed E-state index contributed by atoms with van der Waals surface area (Å²) in [5.74, 6) is 0. The van der Waals surface area contributed by atoms with E-state index in [1.807, 2.05) is 36.4 Å². The lowest BCUT2D eigenvalue weighted by molar-refractivity contribution is 0.660. The summed E-state index contributed by atoms with van der Waals surface area (Å²) in [6.45, 7) is 4.41. The Balaban J connectivity index is 1.40. The quantitative estimate of drug-likeness (QED) is 0.164. The van der Waals surface area contributed by atoms with Gasteiger partial charge in [-0.1, -0.05) is 135 Å². The Kier molecular flexibility index (Phi) is 3.88. The van der Waals surface area contributed by atoms with E-state index in [4.69, 9.17) is 0 Å². The molecule has 39 heavy (non-hydrogen) atoms. The number of hydrogen-bond acceptors (Lipinski definition) is 0. The van der Waals surface area contributed by atoms with Crippen molar-refractivity contribution in [3.05, 3.63) is 144 Å². The maximum Gasteiger partial charge on any atom is 0.0629 e. The lowest BCUT2D eigenvalue weighted by Gasteiger charge is -2.22. The minimum Gasteiger partial charge on any atom is -0.0619 e. The second kappa shape index (κ2) is 8.16. The Morgan fingerprint density at radius 3 is 1.97 bits per heavy atom. The van der Waals surface area contributed by atoms with Crippen molar-refractivity contribution < 1.29 is 5.48 Å². The molecule has 0 fully saturated rings. The largest absolute Gasteiger partial charge is 0.0629 e. The molecule has 0 aromatic heterocycles. The van der Waals surface area contributed by atoms with Gasteiger partial charge in [-0.25, -0.2) is 0 Å². The average molecular weight is 501 g/mol. The van der Waals surface area contributed by atoms with Crippen LogP contribution in [0, 0.1) is 0 Å². The van der Waals surface area contributed by atoms with E-state index in [-0.39, 0.29) is 29.6 Å². The number of hydrogen-bond donors (Lipinski definition) is 0. The van der Waals surface area contributed by atoms with Crippen LogP contribution in [0.5, 0.6) is 0 Å². The number of fused-ring (bicyclic) bond motifs is 7. The maximum absolute atomic E-state index is 9.32. The summed E-state index contributed by atoms with van der Waals surface area (Å²) >= 11 is 0. The zero-order valence-electron chi connectivity index (χ0n) is 25.9. The van der Waals surface area contributed by atoms with E-state index in [0.717, 1.165) is 49.0 Å². The standard InChI is InChI=1S/C39H28/c1-39(2)36-14-8-7-13-32(36)33-21-20-28(24-37(33)39)25-15-17-27(18-16-25)38-31-12-6-4-10-29(31)23-35-30-11-5-3-9-26(30)19-22-34(35)38/h3-24H,1-2H3/i15D,16D,17D,18D. The topological polar surface area (TPSA) is 0 Å². The van der Waals surface area contributed by atoms with Gasteiger partial charge in [0.1, 0.15) is 0 Å². The van der Waals surface area contributed by atoms with Crippen LogP contribution in [0.15, 0.2) is 133 Å². The fourth-order valence-electron chi connectivity index (χ4n) is 6.53. The third-order valence-electron chi connectivity index (χ3n) is 8.52. The molecule has 7 aromatic rings. The van der Waals surface area contributed by atoms with Crippen LogP contribution >= 0.6 is 0 Å². The molecule has 0 amide bonds. The van der Waals surface area contributed by atoms with Gasteiger partial charge >= 0.3 is 0 Å². The molecule has 0 unspecified atom stereocenters. The molecule has 0 atom stereocenters. The Bertz CT molecular complexity index is 2280. The lowest BCUT2D eigenvalue weighted by atomic mass is 9.81. The van der Waals surface area contributed by atoms with Crippen LogP contribution in [0.1, 0.15) is 30.5 Å². The van der Waals surface area contributed by atoms with Gasteiger partial charge in [0.25, 0.3) is 0 Å². The SMILES string of the molecule is [2H]c1c([2H])c(-c2c3ccccc3cc3c2ccc2ccccc23)c([2H])c([2H])c1-c1ccc2c(c1)C(C)(C)c1ccccc1-2. The fourth-order valence-corrected chi connectivity index (χ4v) is 6.53. The molecule has 0 heteroatoms. The lowest BCUT2D eigenvalue weighted by Crippen LogP contribution is -2.14. The summed E-state index contributed by atoms with van der Waals surface area (Å²) in [4.78, 5) is 0. The highest BCUT2D eigenvalue weighted by molar-refractivity contribution is 6.20. The molecule has 0 heterocycles. The molecule has 0 N–H and O–H groups in total. The van der Waals surface area contributed by atoms with Crippen molar-refractivity contribution in [2.45, 2.75) is 19.3 Å². The van der Waals surface area contributed by atoms with E-state index in [2.05, 4.69) is 86.6 Å². The first kappa shape index (κ1) is 18.6. The number of benzene rings is 7. The zero-order chi connectivity index (χ0) is 29.6. The Morgan fingerprint density at radius 2 is 1.13 bits per heavy atom. The van der Waals surface area contributed by atoms with Crippen LogP contribution in [0.4, 0.5) is 0 Å². The van der Waals surface area contributed by atoms with Crippen molar-refractivity contribution in [1.29, 1.82) is 0 Å². The predicted molar refractivity (Wildman–Crippen MR) is 167 cm³/mol. The van der Waals surface area contributed by atoms with Crippen LogP contribution in [0.2, 0.25) is 0 Å². The van der Waals surface area contributed by atoms with Crippen LogP contribution in [0.3, 0.4) is 0 Å². The van der Waals surface area contributed by atoms with Crippen molar-refractivity contribution in [3.63, 3.8) is 0 Å². The van der Waals surface area contributed by atoms with Gasteiger partial charge in [-0.2, -0.15) is 0 Å². The molecule has 0 bridgehead atoms. The highest BCUT2D eigenvalue weighted by Gasteiger charge is 2.35. The van der Waals surface area contributed by atoms with Gasteiger partial charge in [0.15, 0.2) is 0 Å². The van der Waals surface area contributed by atoms with Gasteiger partial charge in [0, 0.05) is 5.41 Å². The van der Waals surface area contributed by atoms with Crippen molar-refractivity contribution in [3.8, 4) is 33.4 Å². The third kappa shape index (κ3) is 3.25. The minimum atomic E-state index is -0.232. The third-order valence-corrected chi connectivity index (χ3v) is 8.52.